The van der Waals surface area contributed by atoms with Crippen molar-refractivity contribution in [2.24, 2.45) is 5.92 Å². The Morgan fingerprint density at radius 2 is 2.12 bits per heavy atom. The van der Waals surface area contributed by atoms with Crippen LogP contribution in [0.15, 0.2) is 12.1 Å². The number of rotatable bonds is 2. The summed E-state index contributed by atoms with van der Waals surface area (Å²) in [5.41, 5.74) is 0.295. The van der Waals surface area contributed by atoms with E-state index >= 15 is 0 Å². The fourth-order valence-corrected chi connectivity index (χ4v) is 2.38. The van der Waals surface area contributed by atoms with Crippen LogP contribution in [0.25, 0.3) is 0 Å². The van der Waals surface area contributed by atoms with Crippen molar-refractivity contribution >= 4 is 34.8 Å². The molecule has 0 radical (unpaired) electrons. The molecule has 1 atom stereocenters. The molecule has 0 aliphatic carbocycles. The molecule has 2 N–H and O–H groups in total. The summed E-state index contributed by atoms with van der Waals surface area (Å²) in [4.78, 5) is 13.1. The zero-order valence-corrected chi connectivity index (χ0v) is 10.4. The van der Waals surface area contributed by atoms with Gasteiger partial charge in [-0.25, -0.2) is 0 Å². The van der Waals surface area contributed by atoms with Crippen molar-refractivity contribution in [3.63, 3.8) is 0 Å². The first-order valence-electron chi connectivity index (χ1n) is 5.12. The molecule has 17 heavy (non-hydrogen) atoms. The second-order valence-corrected chi connectivity index (χ2v) is 4.86. The van der Waals surface area contributed by atoms with Gasteiger partial charge in [-0.1, -0.05) is 23.2 Å². The Bertz CT molecular complexity index is 464. The Morgan fingerprint density at radius 3 is 2.71 bits per heavy atom. The predicted octanol–water partition coefficient (Wildman–Crippen LogP) is 2.04. The fourth-order valence-electron chi connectivity index (χ4n) is 1.89. The molecule has 1 aromatic rings. The van der Waals surface area contributed by atoms with Gasteiger partial charge in [0.25, 0.3) is 0 Å². The molecule has 0 spiro atoms. The molecule has 1 amide bonds. The number of amides is 1. The molecular weight excluding hydrogens is 265 g/mol. The fraction of sp³-hybridized carbons (Fsp3) is 0.364. The van der Waals surface area contributed by atoms with Gasteiger partial charge in [-0.3, -0.25) is 4.79 Å². The SMILES string of the molecule is O=C1CC(CO)CN1c1cc(Cl)cc(Cl)c1O. The number of aromatic hydroxyl groups is 1. The van der Waals surface area contributed by atoms with Crippen LogP contribution in [0.3, 0.4) is 0 Å². The summed E-state index contributed by atoms with van der Waals surface area (Å²) in [7, 11) is 0. The molecule has 1 aliphatic heterocycles. The van der Waals surface area contributed by atoms with E-state index in [-0.39, 0.29) is 35.6 Å². The summed E-state index contributed by atoms with van der Waals surface area (Å²) in [6.07, 6.45) is 0.264. The van der Waals surface area contributed by atoms with Crippen LogP contribution < -0.4 is 4.90 Å². The molecule has 0 bridgehead atoms. The molecule has 92 valence electrons. The van der Waals surface area contributed by atoms with E-state index in [2.05, 4.69) is 0 Å². The van der Waals surface area contributed by atoms with Crippen molar-refractivity contribution < 1.29 is 15.0 Å². The molecule has 1 unspecified atom stereocenters. The smallest absolute Gasteiger partial charge is 0.227 e. The minimum Gasteiger partial charge on any atom is -0.504 e. The average Bonchev–Trinajstić information content (AvgIpc) is 2.65. The largest absolute Gasteiger partial charge is 0.504 e. The number of hydrogen-bond acceptors (Lipinski definition) is 3. The van der Waals surface area contributed by atoms with Crippen LogP contribution in [-0.2, 0) is 4.79 Å². The van der Waals surface area contributed by atoms with Crippen LogP contribution in [0.2, 0.25) is 10.0 Å². The normalized spacial score (nSPS) is 20.1. The van der Waals surface area contributed by atoms with Crippen molar-refractivity contribution in [1.29, 1.82) is 0 Å². The third kappa shape index (κ3) is 2.34. The minimum absolute atomic E-state index is 0.0582. The molecule has 1 aliphatic rings. The standard InChI is InChI=1S/C11H11Cl2NO3/c12-7-2-8(13)11(17)9(3-7)14-4-6(5-15)1-10(14)16/h2-3,6,15,17H,1,4-5H2. The number of anilines is 1. The number of phenolic OH excluding ortho intramolecular Hbond substituents is 1. The lowest BCUT2D eigenvalue weighted by atomic mass is 10.1. The summed E-state index contributed by atoms with van der Waals surface area (Å²) in [5, 5.41) is 19.3. The van der Waals surface area contributed by atoms with E-state index in [0.29, 0.717) is 17.3 Å². The molecule has 1 heterocycles. The van der Waals surface area contributed by atoms with E-state index in [1.807, 2.05) is 0 Å². The molecule has 2 rings (SSSR count). The van der Waals surface area contributed by atoms with Gasteiger partial charge in [0, 0.05) is 30.5 Å². The molecule has 1 saturated heterocycles. The van der Waals surface area contributed by atoms with Gasteiger partial charge in [0.2, 0.25) is 5.91 Å². The summed E-state index contributed by atoms with van der Waals surface area (Å²) < 4.78 is 0. The summed E-state index contributed by atoms with van der Waals surface area (Å²) in [6.45, 7) is 0.302. The predicted molar refractivity (Wildman–Crippen MR) is 65.7 cm³/mol. The van der Waals surface area contributed by atoms with Gasteiger partial charge in [0.05, 0.1) is 10.7 Å². The number of aliphatic hydroxyl groups is 1. The summed E-state index contributed by atoms with van der Waals surface area (Å²) in [6, 6.07) is 2.90. The first-order valence-corrected chi connectivity index (χ1v) is 5.87. The number of nitrogens with zero attached hydrogens (tertiary/aromatic N) is 1. The molecule has 4 nitrogen and oxygen atoms in total. The third-order valence-electron chi connectivity index (χ3n) is 2.76. The number of benzene rings is 1. The van der Waals surface area contributed by atoms with E-state index in [9.17, 15) is 9.90 Å². The van der Waals surface area contributed by atoms with Crippen molar-refractivity contribution in [3.8, 4) is 5.75 Å². The highest BCUT2D eigenvalue weighted by Crippen LogP contribution is 2.39. The highest BCUT2D eigenvalue weighted by Gasteiger charge is 2.32. The van der Waals surface area contributed by atoms with Crippen LogP contribution in [0.1, 0.15) is 6.42 Å². The van der Waals surface area contributed by atoms with Crippen molar-refractivity contribution in [3.05, 3.63) is 22.2 Å². The Balaban J connectivity index is 2.38. The number of carbonyl (C=O) groups excluding carboxylic acids is 1. The zero-order chi connectivity index (χ0) is 12.6. The van der Waals surface area contributed by atoms with Crippen LogP contribution >= 0.6 is 23.2 Å². The lowest BCUT2D eigenvalue weighted by Crippen LogP contribution is -2.25. The maximum atomic E-state index is 11.7. The Hall–Kier alpha value is -0.970. The molecule has 0 aromatic heterocycles. The Labute approximate surface area is 108 Å². The van der Waals surface area contributed by atoms with Gasteiger partial charge < -0.3 is 15.1 Å². The lowest BCUT2D eigenvalue weighted by molar-refractivity contribution is -0.117. The van der Waals surface area contributed by atoms with Gasteiger partial charge in [-0.15, -0.1) is 0 Å². The third-order valence-corrected chi connectivity index (χ3v) is 3.27. The van der Waals surface area contributed by atoms with Crippen LogP contribution in [-0.4, -0.2) is 29.3 Å². The van der Waals surface area contributed by atoms with E-state index < -0.39 is 0 Å². The van der Waals surface area contributed by atoms with Crippen molar-refractivity contribution in [2.45, 2.75) is 6.42 Å². The molecular formula is C11H11Cl2NO3. The molecule has 6 heteroatoms. The van der Waals surface area contributed by atoms with Crippen LogP contribution in [0.4, 0.5) is 5.69 Å². The highest BCUT2D eigenvalue weighted by atomic mass is 35.5. The van der Waals surface area contributed by atoms with Gasteiger partial charge in [-0.2, -0.15) is 0 Å². The minimum atomic E-state index is -0.164. The first-order chi connectivity index (χ1) is 8.02. The average molecular weight is 276 g/mol. The quantitative estimate of drug-likeness (QED) is 0.869. The maximum absolute atomic E-state index is 11.7. The molecule has 1 aromatic carbocycles. The van der Waals surface area contributed by atoms with E-state index in [0.717, 1.165) is 0 Å². The van der Waals surface area contributed by atoms with Gasteiger partial charge in [0.15, 0.2) is 5.75 Å². The van der Waals surface area contributed by atoms with Crippen LogP contribution in [0.5, 0.6) is 5.75 Å². The topological polar surface area (TPSA) is 60.8 Å². The van der Waals surface area contributed by atoms with E-state index in [1.54, 1.807) is 0 Å². The molecule has 0 saturated carbocycles. The number of hydrogen-bond donors (Lipinski definition) is 2. The van der Waals surface area contributed by atoms with Crippen molar-refractivity contribution in [1.82, 2.24) is 0 Å². The second-order valence-electron chi connectivity index (χ2n) is 4.01. The van der Waals surface area contributed by atoms with Crippen molar-refractivity contribution in [2.75, 3.05) is 18.1 Å². The van der Waals surface area contributed by atoms with Gasteiger partial charge >= 0.3 is 0 Å². The number of halogens is 2. The van der Waals surface area contributed by atoms with Gasteiger partial charge in [0.1, 0.15) is 0 Å². The van der Waals surface area contributed by atoms with E-state index in [4.69, 9.17) is 28.3 Å². The second kappa shape index (κ2) is 4.72. The number of aliphatic hydroxyl groups excluding tert-OH is 1. The monoisotopic (exact) mass is 275 g/mol. The van der Waals surface area contributed by atoms with Crippen LogP contribution in [0, 0.1) is 5.92 Å². The number of phenols is 1. The summed E-state index contributed by atoms with van der Waals surface area (Å²) in [5.74, 6) is -0.430. The maximum Gasteiger partial charge on any atom is 0.227 e. The molecule has 1 fully saturated rings. The van der Waals surface area contributed by atoms with Gasteiger partial charge in [-0.05, 0) is 12.1 Å². The van der Waals surface area contributed by atoms with E-state index in [1.165, 1.54) is 17.0 Å². The summed E-state index contributed by atoms with van der Waals surface area (Å²) >= 11 is 11.6. The number of carbonyl (C=O) groups is 1. The first kappa shape index (κ1) is 12.5. The Kier molecular flexibility index (Phi) is 3.47. The highest BCUT2D eigenvalue weighted by molar-refractivity contribution is 6.36. The zero-order valence-electron chi connectivity index (χ0n) is 8.86. The Morgan fingerprint density at radius 1 is 1.41 bits per heavy atom. The lowest BCUT2D eigenvalue weighted by Gasteiger charge is -2.18.